The highest BCUT2D eigenvalue weighted by molar-refractivity contribution is 7.92. The lowest BCUT2D eigenvalue weighted by atomic mass is 10.2. The van der Waals surface area contributed by atoms with Gasteiger partial charge in [-0.1, -0.05) is 29.8 Å². The van der Waals surface area contributed by atoms with Gasteiger partial charge in [-0.25, -0.2) is 8.42 Å². The van der Waals surface area contributed by atoms with Gasteiger partial charge in [0.1, 0.15) is 5.75 Å². The number of anilines is 3. The van der Waals surface area contributed by atoms with Crippen LogP contribution < -0.4 is 19.3 Å². The standard InChI is InChI=1S/C25H24ClN3O4S/c26-18-8-13-23-22(16-18)29(34(31,32)21-6-2-1-3-7-21)17-24(33-23)25(30)27-19-9-11-20(12-10-19)28-14-4-5-15-28/h1-3,6-13,16,24H,4-5,14-15,17H2,(H,27,30). The Balaban J connectivity index is 1.39. The average Bonchev–Trinajstić information content (AvgIpc) is 3.39. The summed E-state index contributed by atoms with van der Waals surface area (Å²) in [5.41, 5.74) is 2.04. The third kappa shape index (κ3) is 4.43. The highest BCUT2D eigenvalue weighted by Crippen LogP contribution is 2.39. The molecule has 176 valence electrons. The smallest absolute Gasteiger partial charge is 0.267 e. The average molecular weight is 498 g/mol. The predicted molar refractivity (Wildman–Crippen MR) is 133 cm³/mol. The molecule has 1 saturated heterocycles. The van der Waals surface area contributed by atoms with Gasteiger partial charge in [0.05, 0.1) is 17.1 Å². The lowest BCUT2D eigenvalue weighted by Gasteiger charge is -2.34. The number of nitrogens with zero attached hydrogens (tertiary/aromatic N) is 2. The van der Waals surface area contributed by atoms with Crippen molar-refractivity contribution >= 4 is 44.6 Å². The number of rotatable bonds is 5. The van der Waals surface area contributed by atoms with E-state index in [1.165, 1.54) is 35.3 Å². The Hall–Kier alpha value is -3.23. The van der Waals surface area contributed by atoms with Crippen LogP contribution in [0.15, 0.2) is 77.7 Å². The van der Waals surface area contributed by atoms with Crippen molar-refractivity contribution in [1.82, 2.24) is 0 Å². The van der Waals surface area contributed by atoms with Gasteiger partial charge in [0.15, 0.2) is 6.10 Å². The number of ether oxygens (including phenoxy) is 1. The number of hydrogen-bond donors (Lipinski definition) is 1. The molecule has 0 spiro atoms. The van der Waals surface area contributed by atoms with Crippen molar-refractivity contribution in [3.05, 3.63) is 77.8 Å². The fourth-order valence-electron chi connectivity index (χ4n) is 4.26. The highest BCUT2D eigenvalue weighted by Gasteiger charge is 2.37. The second-order valence-corrected chi connectivity index (χ2v) is 10.6. The Morgan fingerprint density at radius 2 is 1.68 bits per heavy atom. The van der Waals surface area contributed by atoms with Gasteiger partial charge in [-0.05, 0) is 67.4 Å². The Labute approximate surface area is 203 Å². The maximum Gasteiger partial charge on any atom is 0.267 e. The third-order valence-corrected chi connectivity index (χ3v) is 8.05. The Kier molecular flexibility index (Phi) is 6.10. The van der Waals surface area contributed by atoms with Crippen LogP contribution in [0, 0.1) is 0 Å². The van der Waals surface area contributed by atoms with Gasteiger partial charge < -0.3 is 15.0 Å². The Morgan fingerprint density at radius 1 is 0.971 bits per heavy atom. The monoisotopic (exact) mass is 497 g/mol. The molecule has 2 aliphatic rings. The second-order valence-electron chi connectivity index (χ2n) is 8.30. The number of carbonyl (C=O) groups is 1. The van der Waals surface area contributed by atoms with E-state index in [1.807, 2.05) is 24.3 Å². The number of sulfonamides is 1. The maximum atomic E-state index is 13.4. The van der Waals surface area contributed by atoms with Crippen LogP contribution >= 0.6 is 11.6 Å². The normalized spacial score (nSPS) is 17.7. The predicted octanol–water partition coefficient (Wildman–Crippen LogP) is 4.54. The van der Waals surface area contributed by atoms with Gasteiger partial charge in [-0.3, -0.25) is 9.10 Å². The molecule has 0 aromatic heterocycles. The fourth-order valence-corrected chi connectivity index (χ4v) is 5.92. The van der Waals surface area contributed by atoms with Crippen LogP contribution in [0.3, 0.4) is 0 Å². The minimum absolute atomic E-state index is 0.125. The Bertz CT molecular complexity index is 1290. The lowest BCUT2D eigenvalue weighted by Crippen LogP contribution is -2.48. The summed E-state index contributed by atoms with van der Waals surface area (Å²) in [5.74, 6) is -0.150. The van der Waals surface area contributed by atoms with E-state index in [0.717, 1.165) is 18.8 Å². The third-order valence-electron chi connectivity index (χ3n) is 6.02. The summed E-state index contributed by atoms with van der Waals surface area (Å²) in [7, 11) is -3.94. The number of fused-ring (bicyclic) bond motifs is 1. The number of carbonyl (C=O) groups excluding carboxylic acids is 1. The number of benzene rings is 3. The molecule has 5 rings (SSSR count). The molecular formula is C25H24ClN3O4S. The summed E-state index contributed by atoms with van der Waals surface area (Å²) in [6.07, 6.45) is 1.34. The molecule has 2 aliphatic heterocycles. The lowest BCUT2D eigenvalue weighted by molar-refractivity contribution is -0.122. The summed E-state index contributed by atoms with van der Waals surface area (Å²) < 4.78 is 34.0. The number of halogens is 1. The van der Waals surface area contributed by atoms with Crippen LogP contribution in [-0.2, 0) is 14.8 Å². The molecule has 1 atom stereocenters. The zero-order valence-electron chi connectivity index (χ0n) is 18.4. The second kappa shape index (κ2) is 9.19. The van der Waals surface area contributed by atoms with Crippen LogP contribution in [0.4, 0.5) is 17.1 Å². The zero-order chi connectivity index (χ0) is 23.7. The molecule has 9 heteroatoms. The minimum Gasteiger partial charge on any atom is -0.476 e. The number of amides is 1. The molecule has 34 heavy (non-hydrogen) atoms. The topological polar surface area (TPSA) is 79.0 Å². The van der Waals surface area contributed by atoms with E-state index in [-0.39, 0.29) is 17.2 Å². The van der Waals surface area contributed by atoms with E-state index < -0.39 is 22.0 Å². The SMILES string of the molecule is O=C(Nc1ccc(N2CCCC2)cc1)C1CN(S(=O)(=O)c2ccccc2)c2cc(Cl)ccc2O1. The van der Waals surface area contributed by atoms with Crippen molar-refractivity contribution in [3.63, 3.8) is 0 Å². The highest BCUT2D eigenvalue weighted by atomic mass is 35.5. The molecule has 3 aromatic rings. The molecule has 0 aliphatic carbocycles. The van der Waals surface area contributed by atoms with Gasteiger partial charge >= 0.3 is 0 Å². The van der Waals surface area contributed by atoms with E-state index in [9.17, 15) is 13.2 Å². The van der Waals surface area contributed by atoms with Crippen LogP contribution in [0.5, 0.6) is 5.75 Å². The van der Waals surface area contributed by atoms with Gasteiger partial charge in [0.25, 0.3) is 15.9 Å². The molecule has 0 radical (unpaired) electrons. The molecule has 2 heterocycles. The van der Waals surface area contributed by atoms with E-state index in [1.54, 1.807) is 30.3 Å². The molecule has 0 saturated carbocycles. The van der Waals surface area contributed by atoms with Crippen LogP contribution in [0.1, 0.15) is 12.8 Å². The first kappa shape index (κ1) is 22.6. The first-order valence-corrected chi connectivity index (χ1v) is 12.9. The molecule has 1 N–H and O–H groups in total. The summed E-state index contributed by atoms with van der Waals surface area (Å²) in [6.45, 7) is 1.90. The maximum absolute atomic E-state index is 13.4. The van der Waals surface area contributed by atoms with Crippen molar-refractivity contribution < 1.29 is 17.9 Å². The molecule has 1 fully saturated rings. The van der Waals surface area contributed by atoms with E-state index in [4.69, 9.17) is 16.3 Å². The zero-order valence-corrected chi connectivity index (χ0v) is 19.9. The van der Waals surface area contributed by atoms with E-state index in [2.05, 4.69) is 10.2 Å². The summed E-state index contributed by atoms with van der Waals surface area (Å²) in [5, 5.41) is 3.23. The van der Waals surface area contributed by atoms with Crippen molar-refractivity contribution in [2.75, 3.05) is 34.2 Å². The first-order valence-electron chi connectivity index (χ1n) is 11.1. The molecule has 7 nitrogen and oxygen atoms in total. The van der Waals surface area contributed by atoms with Crippen molar-refractivity contribution in [2.45, 2.75) is 23.8 Å². The van der Waals surface area contributed by atoms with Crippen LogP contribution in [0.25, 0.3) is 0 Å². The summed E-state index contributed by atoms with van der Waals surface area (Å²) in [6, 6.07) is 20.5. The van der Waals surface area contributed by atoms with Gasteiger partial charge in [0.2, 0.25) is 0 Å². The molecule has 1 unspecified atom stereocenters. The van der Waals surface area contributed by atoms with Crippen molar-refractivity contribution in [1.29, 1.82) is 0 Å². The summed E-state index contributed by atoms with van der Waals surface area (Å²) >= 11 is 6.14. The largest absolute Gasteiger partial charge is 0.476 e. The fraction of sp³-hybridized carbons (Fsp3) is 0.240. The van der Waals surface area contributed by atoms with Gasteiger partial charge in [-0.2, -0.15) is 0 Å². The van der Waals surface area contributed by atoms with Crippen molar-refractivity contribution in [3.8, 4) is 5.75 Å². The summed E-state index contributed by atoms with van der Waals surface area (Å²) in [4.78, 5) is 15.5. The Morgan fingerprint density at radius 3 is 2.38 bits per heavy atom. The van der Waals surface area contributed by atoms with Crippen LogP contribution in [-0.4, -0.2) is 40.1 Å². The number of nitrogens with one attached hydrogen (secondary N) is 1. The quantitative estimate of drug-likeness (QED) is 0.560. The van der Waals surface area contributed by atoms with Crippen molar-refractivity contribution in [2.24, 2.45) is 0 Å². The number of hydrogen-bond acceptors (Lipinski definition) is 5. The molecule has 3 aromatic carbocycles. The first-order chi connectivity index (χ1) is 16.4. The van der Waals surface area contributed by atoms with E-state index >= 15 is 0 Å². The minimum atomic E-state index is -3.94. The molecule has 1 amide bonds. The molecular weight excluding hydrogens is 474 g/mol. The van der Waals surface area contributed by atoms with Crippen LogP contribution in [0.2, 0.25) is 5.02 Å². The van der Waals surface area contributed by atoms with Gasteiger partial charge in [0, 0.05) is 29.5 Å². The van der Waals surface area contributed by atoms with E-state index in [0.29, 0.717) is 16.4 Å². The molecule has 0 bridgehead atoms. The van der Waals surface area contributed by atoms with Gasteiger partial charge in [-0.15, -0.1) is 0 Å².